The number of amides is 1. The van der Waals surface area contributed by atoms with Gasteiger partial charge in [0.25, 0.3) is 5.91 Å². The summed E-state index contributed by atoms with van der Waals surface area (Å²) in [5.74, 6) is 1.71. The minimum Gasteiger partial charge on any atom is -0.454 e. The first kappa shape index (κ1) is 16.1. The lowest BCUT2D eigenvalue weighted by Crippen LogP contribution is -2.48. The van der Waals surface area contributed by atoms with E-state index in [1.807, 2.05) is 39.8 Å². The summed E-state index contributed by atoms with van der Waals surface area (Å²) in [6, 6.07) is 9.83. The highest BCUT2D eigenvalue weighted by atomic mass is 16.7. The van der Waals surface area contributed by atoms with Crippen molar-refractivity contribution in [2.45, 2.75) is 6.54 Å². The standard InChI is InChI=1S/C20H20N4O3/c25-20(16-3-4-24-13-21-11-17(24)10-16)23-7-5-22(6-8-23)12-15-1-2-18-19(9-15)27-14-26-18/h1-4,9-11,13H,5-8,12,14H2. The van der Waals surface area contributed by atoms with Gasteiger partial charge in [0.15, 0.2) is 11.5 Å². The quantitative estimate of drug-likeness (QED) is 0.712. The van der Waals surface area contributed by atoms with Crippen molar-refractivity contribution >= 4 is 11.4 Å². The van der Waals surface area contributed by atoms with Gasteiger partial charge >= 0.3 is 0 Å². The molecule has 1 aromatic carbocycles. The summed E-state index contributed by atoms with van der Waals surface area (Å²) in [6.07, 6.45) is 5.38. The van der Waals surface area contributed by atoms with Gasteiger partial charge in [-0.15, -0.1) is 0 Å². The summed E-state index contributed by atoms with van der Waals surface area (Å²) in [4.78, 5) is 21.2. The maximum Gasteiger partial charge on any atom is 0.254 e. The maximum atomic E-state index is 12.8. The summed E-state index contributed by atoms with van der Waals surface area (Å²) in [5, 5.41) is 0. The molecule has 7 heteroatoms. The molecule has 0 saturated carbocycles. The van der Waals surface area contributed by atoms with E-state index in [0.717, 1.165) is 49.7 Å². The molecular weight excluding hydrogens is 344 g/mol. The van der Waals surface area contributed by atoms with Crippen molar-refractivity contribution in [2.75, 3.05) is 33.0 Å². The fourth-order valence-electron chi connectivity index (χ4n) is 3.64. The van der Waals surface area contributed by atoms with E-state index in [1.165, 1.54) is 5.56 Å². The van der Waals surface area contributed by atoms with Crippen molar-refractivity contribution in [3.8, 4) is 11.5 Å². The Labute approximate surface area is 156 Å². The molecule has 1 fully saturated rings. The number of benzene rings is 1. The van der Waals surface area contributed by atoms with Crippen molar-refractivity contribution < 1.29 is 14.3 Å². The maximum absolute atomic E-state index is 12.8. The number of carbonyl (C=O) groups is 1. The highest BCUT2D eigenvalue weighted by Gasteiger charge is 2.23. The van der Waals surface area contributed by atoms with Gasteiger partial charge in [-0.2, -0.15) is 0 Å². The van der Waals surface area contributed by atoms with E-state index < -0.39 is 0 Å². The van der Waals surface area contributed by atoms with E-state index in [2.05, 4.69) is 16.0 Å². The lowest BCUT2D eigenvalue weighted by atomic mass is 10.1. The monoisotopic (exact) mass is 364 g/mol. The third kappa shape index (κ3) is 3.10. The molecule has 27 heavy (non-hydrogen) atoms. The van der Waals surface area contributed by atoms with Crippen molar-refractivity contribution in [2.24, 2.45) is 0 Å². The molecule has 1 saturated heterocycles. The molecule has 5 rings (SSSR count). The highest BCUT2D eigenvalue weighted by Crippen LogP contribution is 2.32. The zero-order valence-electron chi connectivity index (χ0n) is 14.9. The molecule has 2 aromatic heterocycles. The predicted octanol–water partition coefficient (Wildman–Crippen LogP) is 2.02. The van der Waals surface area contributed by atoms with E-state index in [9.17, 15) is 4.79 Å². The van der Waals surface area contributed by atoms with Gasteiger partial charge in [0.2, 0.25) is 6.79 Å². The Balaban J connectivity index is 1.21. The van der Waals surface area contributed by atoms with Gasteiger partial charge in [-0.05, 0) is 29.8 Å². The van der Waals surface area contributed by atoms with E-state index in [-0.39, 0.29) is 5.91 Å². The highest BCUT2D eigenvalue weighted by molar-refractivity contribution is 5.95. The van der Waals surface area contributed by atoms with Crippen molar-refractivity contribution in [3.63, 3.8) is 0 Å². The van der Waals surface area contributed by atoms with E-state index in [4.69, 9.17) is 9.47 Å². The molecule has 0 N–H and O–H groups in total. The van der Waals surface area contributed by atoms with Crippen LogP contribution in [0.5, 0.6) is 11.5 Å². The Morgan fingerprint density at radius 2 is 1.89 bits per heavy atom. The van der Waals surface area contributed by atoms with Crippen LogP contribution in [0.1, 0.15) is 15.9 Å². The second kappa shape index (κ2) is 6.59. The molecule has 0 atom stereocenters. The molecule has 0 aliphatic carbocycles. The number of rotatable bonds is 3. The van der Waals surface area contributed by atoms with Crippen molar-refractivity contribution in [3.05, 3.63) is 60.2 Å². The molecule has 4 heterocycles. The fraction of sp³-hybridized carbons (Fsp3) is 0.300. The zero-order chi connectivity index (χ0) is 18.2. The molecule has 3 aromatic rings. The van der Waals surface area contributed by atoms with E-state index >= 15 is 0 Å². The Morgan fingerprint density at radius 3 is 2.78 bits per heavy atom. The average Bonchev–Trinajstić information content (AvgIpc) is 3.36. The number of imidazole rings is 1. The van der Waals surface area contributed by atoms with Crippen molar-refractivity contribution in [1.82, 2.24) is 19.2 Å². The molecule has 2 aliphatic heterocycles. The molecule has 0 spiro atoms. The predicted molar refractivity (Wildman–Crippen MR) is 98.9 cm³/mol. The van der Waals surface area contributed by atoms with Crippen LogP contribution in [-0.2, 0) is 6.54 Å². The zero-order valence-corrected chi connectivity index (χ0v) is 14.9. The number of hydrogen-bond donors (Lipinski definition) is 0. The van der Waals surface area contributed by atoms with Gasteiger partial charge in [0.1, 0.15) is 0 Å². The SMILES string of the molecule is O=C(c1ccn2cncc2c1)N1CCN(Cc2ccc3c(c2)OCO3)CC1. The fourth-order valence-corrected chi connectivity index (χ4v) is 3.64. The minimum atomic E-state index is 0.0847. The molecule has 7 nitrogen and oxygen atoms in total. The van der Waals surface area contributed by atoms with Gasteiger partial charge in [-0.25, -0.2) is 4.98 Å². The number of pyridine rings is 1. The van der Waals surface area contributed by atoms with Gasteiger partial charge in [0, 0.05) is 44.5 Å². The number of nitrogens with zero attached hydrogens (tertiary/aromatic N) is 4. The topological polar surface area (TPSA) is 59.3 Å². The number of fused-ring (bicyclic) bond motifs is 2. The Kier molecular flexibility index (Phi) is 3.94. The van der Waals surface area contributed by atoms with Crippen LogP contribution in [0.2, 0.25) is 0 Å². The number of ether oxygens (including phenoxy) is 2. The van der Waals surface area contributed by atoms with Gasteiger partial charge in [0.05, 0.1) is 18.0 Å². The van der Waals surface area contributed by atoms with Gasteiger partial charge < -0.3 is 18.8 Å². The van der Waals surface area contributed by atoms with E-state index in [0.29, 0.717) is 12.4 Å². The van der Waals surface area contributed by atoms with Crippen LogP contribution < -0.4 is 9.47 Å². The minimum absolute atomic E-state index is 0.0847. The summed E-state index contributed by atoms with van der Waals surface area (Å²) >= 11 is 0. The molecule has 1 amide bonds. The number of aromatic nitrogens is 2. The lowest BCUT2D eigenvalue weighted by molar-refractivity contribution is 0.0628. The molecule has 2 aliphatic rings. The first-order valence-corrected chi connectivity index (χ1v) is 9.08. The summed E-state index contributed by atoms with van der Waals surface area (Å²) < 4.78 is 12.7. The van der Waals surface area contributed by atoms with Crippen LogP contribution in [0.15, 0.2) is 49.1 Å². The molecule has 0 unspecified atom stereocenters. The summed E-state index contributed by atoms with van der Waals surface area (Å²) in [6.45, 7) is 4.32. The molecule has 0 radical (unpaired) electrons. The lowest BCUT2D eigenvalue weighted by Gasteiger charge is -2.34. The van der Waals surface area contributed by atoms with Crippen LogP contribution in [-0.4, -0.2) is 58.1 Å². The molecule has 0 bridgehead atoms. The third-order valence-corrected chi connectivity index (χ3v) is 5.16. The molecule has 138 valence electrons. The second-order valence-electron chi connectivity index (χ2n) is 6.90. The average molecular weight is 364 g/mol. The summed E-state index contributed by atoms with van der Waals surface area (Å²) in [5.41, 5.74) is 2.85. The van der Waals surface area contributed by atoms with Crippen LogP contribution >= 0.6 is 0 Å². The Hall–Kier alpha value is -3.06. The Morgan fingerprint density at radius 1 is 1.04 bits per heavy atom. The van der Waals surface area contributed by atoms with Crippen LogP contribution in [0.25, 0.3) is 5.52 Å². The smallest absolute Gasteiger partial charge is 0.254 e. The van der Waals surface area contributed by atoms with E-state index in [1.54, 1.807) is 12.5 Å². The van der Waals surface area contributed by atoms with Crippen LogP contribution in [0, 0.1) is 0 Å². The normalized spacial score (nSPS) is 16.8. The first-order valence-electron chi connectivity index (χ1n) is 9.08. The van der Waals surface area contributed by atoms with Crippen molar-refractivity contribution in [1.29, 1.82) is 0 Å². The van der Waals surface area contributed by atoms with Gasteiger partial charge in [-0.3, -0.25) is 9.69 Å². The van der Waals surface area contributed by atoms with Crippen LogP contribution in [0.4, 0.5) is 0 Å². The molecular formula is C20H20N4O3. The largest absolute Gasteiger partial charge is 0.454 e. The second-order valence-corrected chi connectivity index (χ2v) is 6.90. The number of hydrogen-bond acceptors (Lipinski definition) is 5. The number of piperazine rings is 1. The number of carbonyl (C=O) groups excluding carboxylic acids is 1. The Bertz CT molecular complexity index is 992. The summed E-state index contributed by atoms with van der Waals surface area (Å²) in [7, 11) is 0. The van der Waals surface area contributed by atoms with Gasteiger partial charge in [-0.1, -0.05) is 6.07 Å². The van der Waals surface area contributed by atoms with Crippen LogP contribution in [0.3, 0.4) is 0 Å². The third-order valence-electron chi connectivity index (χ3n) is 5.16. The first-order chi connectivity index (χ1) is 13.3.